The third-order valence-electron chi connectivity index (χ3n) is 6.70. The van der Waals surface area contributed by atoms with E-state index < -0.39 is 5.97 Å². The van der Waals surface area contributed by atoms with Gasteiger partial charge in [-0.05, 0) is 54.4 Å². The van der Waals surface area contributed by atoms with Crippen LogP contribution in [0.5, 0.6) is 23.0 Å². The van der Waals surface area contributed by atoms with Gasteiger partial charge in [0.15, 0.2) is 17.2 Å². The summed E-state index contributed by atoms with van der Waals surface area (Å²) in [6.07, 6.45) is 0. The highest BCUT2D eigenvalue weighted by atomic mass is 16.5. The van der Waals surface area contributed by atoms with Gasteiger partial charge in [0.2, 0.25) is 0 Å². The Balaban J connectivity index is 1.79. The summed E-state index contributed by atoms with van der Waals surface area (Å²) < 4.78 is 31.7. The molecule has 0 spiro atoms. The minimum absolute atomic E-state index is 0.189. The van der Waals surface area contributed by atoms with Crippen LogP contribution >= 0.6 is 0 Å². The van der Waals surface area contributed by atoms with E-state index in [1.54, 1.807) is 21.1 Å². The van der Waals surface area contributed by atoms with E-state index >= 15 is 0 Å². The third kappa shape index (κ3) is 6.10. The summed E-state index contributed by atoms with van der Waals surface area (Å²) in [5, 5.41) is 0. The van der Waals surface area contributed by atoms with Crippen LogP contribution in [0, 0.1) is 0 Å². The SMILES string of the molecule is CCOC(=O)c1c(OCc2ccccc2)c(OCc2ccccc2)c(-c2ccccc2OC)n1-c1ccc(OC)cc1. The first kappa shape index (κ1) is 28.4. The van der Waals surface area contributed by atoms with Crippen LogP contribution < -0.4 is 18.9 Å². The first-order valence-corrected chi connectivity index (χ1v) is 13.7. The lowest BCUT2D eigenvalue weighted by molar-refractivity contribution is 0.0511. The molecule has 0 aliphatic rings. The topological polar surface area (TPSA) is 68.2 Å². The molecule has 4 aromatic carbocycles. The van der Waals surface area contributed by atoms with E-state index in [4.69, 9.17) is 23.7 Å². The first-order chi connectivity index (χ1) is 20.6. The van der Waals surface area contributed by atoms with Crippen molar-refractivity contribution in [1.82, 2.24) is 4.57 Å². The van der Waals surface area contributed by atoms with E-state index in [9.17, 15) is 4.79 Å². The number of methoxy groups -OCH3 is 2. The van der Waals surface area contributed by atoms with Crippen molar-refractivity contribution >= 4 is 5.97 Å². The van der Waals surface area contributed by atoms with E-state index in [-0.39, 0.29) is 31.3 Å². The third-order valence-corrected chi connectivity index (χ3v) is 6.70. The van der Waals surface area contributed by atoms with E-state index in [2.05, 4.69) is 0 Å². The fourth-order valence-electron chi connectivity index (χ4n) is 4.71. The Hall–Kier alpha value is -5.17. The van der Waals surface area contributed by atoms with E-state index in [1.807, 2.05) is 114 Å². The highest BCUT2D eigenvalue weighted by Crippen LogP contribution is 2.49. The maximum Gasteiger partial charge on any atom is 0.359 e. The summed E-state index contributed by atoms with van der Waals surface area (Å²) in [5.74, 6) is 1.44. The lowest BCUT2D eigenvalue weighted by atomic mass is 10.1. The molecule has 0 saturated carbocycles. The van der Waals surface area contributed by atoms with Crippen molar-refractivity contribution in [3.63, 3.8) is 0 Å². The van der Waals surface area contributed by atoms with Crippen LogP contribution in [0.3, 0.4) is 0 Å². The molecule has 214 valence electrons. The van der Waals surface area contributed by atoms with Crippen LogP contribution in [0.25, 0.3) is 16.9 Å². The van der Waals surface area contributed by atoms with Gasteiger partial charge in [-0.2, -0.15) is 0 Å². The van der Waals surface area contributed by atoms with Crippen LogP contribution in [-0.2, 0) is 18.0 Å². The molecular weight excluding hydrogens is 530 g/mol. The number of esters is 1. The second kappa shape index (κ2) is 13.5. The van der Waals surface area contributed by atoms with E-state index in [0.29, 0.717) is 28.6 Å². The molecule has 7 heteroatoms. The number of carbonyl (C=O) groups excluding carboxylic acids is 1. The summed E-state index contributed by atoms with van der Waals surface area (Å²) in [6, 6.07) is 34.7. The molecule has 5 aromatic rings. The maximum atomic E-state index is 13.8. The molecule has 0 fully saturated rings. The second-order valence-electron chi connectivity index (χ2n) is 9.36. The van der Waals surface area contributed by atoms with E-state index in [1.165, 1.54) is 0 Å². The standard InChI is InChI=1S/C35H33NO6/c1-4-40-35(37)32-34(42-24-26-15-9-6-10-16-26)33(41-23-25-13-7-5-8-14-25)31(29-17-11-12-18-30(29)39-3)36(32)27-19-21-28(38-2)22-20-27/h5-22H,4,23-24H2,1-3H3. The molecule has 0 atom stereocenters. The molecule has 0 bridgehead atoms. The average Bonchev–Trinajstić information content (AvgIpc) is 3.37. The van der Waals surface area contributed by atoms with Crippen LogP contribution in [0.1, 0.15) is 28.5 Å². The highest BCUT2D eigenvalue weighted by molar-refractivity contribution is 5.97. The average molecular weight is 564 g/mol. The molecule has 1 aromatic heterocycles. The van der Waals surface area contributed by atoms with Crippen molar-refractivity contribution in [3.8, 4) is 39.9 Å². The maximum absolute atomic E-state index is 13.8. The molecule has 0 amide bonds. The minimum Gasteiger partial charge on any atom is -0.497 e. The Labute approximate surface area is 245 Å². The van der Waals surface area contributed by atoms with Crippen molar-refractivity contribution < 1.29 is 28.5 Å². The Bertz CT molecular complexity index is 1610. The zero-order valence-electron chi connectivity index (χ0n) is 23.9. The fourth-order valence-corrected chi connectivity index (χ4v) is 4.71. The number of benzene rings is 4. The first-order valence-electron chi connectivity index (χ1n) is 13.7. The number of hydrogen-bond acceptors (Lipinski definition) is 6. The smallest absolute Gasteiger partial charge is 0.359 e. The minimum atomic E-state index is -0.540. The van der Waals surface area contributed by atoms with Crippen molar-refractivity contribution in [1.29, 1.82) is 0 Å². The van der Waals surface area contributed by atoms with Gasteiger partial charge in [0.1, 0.15) is 30.4 Å². The summed E-state index contributed by atoms with van der Waals surface area (Å²) in [6.45, 7) is 2.43. The quantitative estimate of drug-likeness (QED) is 0.147. The van der Waals surface area contributed by atoms with Gasteiger partial charge in [-0.25, -0.2) is 4.79 Å². The molecule has 0 aliphatic heterocycles. The number of nitrogens with zero attached hydrogens (tertiary/aromatic N) is 1. The number of ether oxygens (including phenoxy) is 5. The van der Waals surface area contributed by atoms with Crippen molar-refractivity contribution in [3.05, 3.63) is 126 Å². The van der Waals surface area contributed by atoms with E-state index in [0.717, 1.165) is 16.7 Å². The molecule has 42 heavy (non-hydrogen) atoms. The molecule has 5 rings (SSSR count). The summed E-state index contributed by atoms with van der Waals surface area (Å²) in [4.78, 5) is 13.8. The zero-order valence-corrected chi connectivity index (χ0v) is 23.9. The molecular formula is C35H33NO6. The van der Waals surface area contributed by atoms with Gasteiger partial charge in [-0.1, -0.05) is 72.8 Å². The molecule has 0 saturated heterocycles. The summed E-state index contributed by atoms with van der Waals surface area (Å²) >= 11 is 0. The van der Waals surface area contributed by atoms with Crippen LogP contribution in [0.2, 0.25) is 0 Å². The molecule has 0 unspecified atom stereocenters. The molecule has 1 heterocycles. The van der Waals surface area contributed by atoms with Gasteiger partial charge in [0.25, 0.3) is 0 Å². The zero-order chi connectivity index (χ0) is 29.3. The summed E-state index contributed by atoms with van der Waals surface area (Å²) in [7, 11) is 3.23. The molecule has 7 nitrogen and oxygen atoms in total. The molecule has 0 aliphatic carbocycles. The van der Waals surface area contributed by atoms with Gasteiger partial charge in [-0.3, -0.25) is 4.57 Å². The number of hydrogen-bond donors (Lipinski definition) is 0. The molecule has 0 N–H and O–H groups in total. The van der Waals surface area contributed by atoms with Gasteiger partial charge in [0.05, 0.1) is 20.8 Å². The monoisotopic (exact) mass is 563 g/mol. The van der Waals surface area contributed by atoms with Crippen molar-refractivity contribution in [2.24, 2.45) is 0 Å². The van der Waals surface area contributed by atoms with Crippen molar-refractivity contribution in [2.45, 2.75) is 20.1 Å². The normalized spacial score (nSPS) is 10.6. The largest absolute Gasteiger partial charge is 0.497 e. The number of para-hydroxylation sites is 1. The van der Waals surface area contributed by atoms with Gasteiger partial charge < -0.3 is 23.7 Å². The lowest BCUT2D eigenvalue weighted by Crippen LogP contribution is -2.13. The number of aromatic nitrogens is 1. The van der Waals surface area contributed by atoms with Gasteiger partial charge in [0, 0.05) is 11.3 Å². The van der Waals surface area contributed by atoms with Crippen molar-refractivity contribution in [2.75, 3.05) is 20.8 Å². The highest BCUT2D eigenvalue weighted by Gasteiger charge is 2.34. The Kier molecular flexibility index (Phi) is 9.09. The fraction of sp³-hybridized carbons (Fsp3) is 0.171. The van der Waals surface area contributed by atoms with Crippen LogP contribution in [0.15, 0.2) is 109 Å². The van der Waals surface area contributed by atoms with Crippen LogP contribution in [-0.4, -0.2) is 31.4 Å². The summed E-state index contributed by atoms with van der Waals surface area (Å²) in [5.41, 5.74) is 4.13. The number of carbonyl (C=O) groups is 1. The van der Waals surface area contributed by atoms with Gasteiger partial charge in [-0.15, -0.1) is 0 Å². The lowest BCUT2D eigenvalue weighted by Gasteiger charge is -2.16. The number of rotatable bonds is 12. The predicted octanol–water partition coefficient (Wildman–Crippen LogP) is 7.50. The van der Waals surface area contributed by atoms with Crippen LogP contribution in [0.4, 0.5) is 0 Å². The Morgan fingerprint density at radius 1 is 0.667 bits per heavy atom. The Morgan fingerprint density at radius 3 is 1.81 bits per heavy atom. The second-order valence-corrected chi connectivity index (χ2v) is 9.36. The molecule has 0 radical (unpaired) electrons. The Morgan fingerprint density at radius 2 is 1.24 bits per heavy atom. The van der Waals surface area contributed by atoms with Gasteiger partial charge >= 0.3 is 5.97 Å². The predicted molar refractivity (Wildman–Crippen MR) is 162 cm³/mol.